The average Bonchev–Trinajstić information content (AvgIpc) is 2.63. The molecule has 1 aliphatic rings. The number of H-pyrrole nitrogens is 1. The van der Waals surface area contributed by atoms with Crippen LogP contribution in [-0.4, -0.2) is 36.3 Å². The molecule has 0 bridgehead atoms. The van der Waals surface area contributed by atoms with Gasteiger partial charge in [-0.3, -0.25) is 9.59 Å². The second-order valence-electron chi connectivity index (χ2n) is 6.45. The number of carbonyl (C=O) groups is 1. The highest BCUT2D eigenvalue weighted by Gasteiger charge is 2.23. The molecule has 0 radical (unpaired) electrons. The van der Waals surface area contributed by atoms with Gasteiger partial charge in [-0.15, -0.1) is 0 Å². The molecular formula is C19H23ClN2O4. The van der Waals surface area contributed by atoms with Gasteiger partial charge in [0, 0.05) is 17.6 Å². The van der Waals surface area contributed by atoms with Crippen LogP contribution in [-0.2, 0) is 9.53 Å². The third-order valence-corrected chi connectivity index (χ3v) is 4.93. The zero-order valence-corrected chi connectivity index (χ0v) is 15.5. The molecule has 0 saturated heterocycles. The lowest BCUT2D eigenvalue weighted by Crippen LogP contribution is -2.39. The van der Waals surface area contributed by atoms with E-state index in [4.69, 9.17) is 21.1 Å². The van der Waals surface area contributed by atoms with Crippen LogP contribution in [0.1, 0.15) is 32.6 Å². The fourth-order valence-electron chi connectivity index (χ4n) is 3.28. The Kier molecular flexibility index (Phi) is 6.16. The first-order valence-corrected chi connectivity index (χ1v) is 9.31. The number of hydrogen-bond acceptors (Lipinski definition) is 5. The van der Waals surface area contributed by atoms with Crippen LogP contribution in [0.3, 0.4) is 0 Å². The van der Waals surface area contributed by atoms with E-state index < -0.39 is 0 Å². The quantitative estimate of drug-likeness (QED) is 0.755. The lowest BCUT2D eigenvalue weighted by atomic mass is 9.93. The number of carbonyl (C=O) groups excluding carboxylic acids is 1. The fraction of sp³-hybridized carbons (Fsp3) is 0.474. The Hall–Kier alpha value is -2.05. The average molecular weight is 379 g/mol. The summed E-state index contributed by atoms with van der Waals surface area (Å²) in [7, 11) is 0. The maximum absolute atomic E-state index is 11.8. The van der Waals surface area contributed by atoms with Crippen molar-refractivity contribution in [1.29, 1.82) is 0 Å². The van der Waals surface area contributed by atoms with E-state index in [1.165, 1.54) is 0 Å². The van der Waals surface area contributed by atoms with Gasteiger partial charge in [0.2, 0.25) is 0 Å². The van der Waals surface area contributed by atoms with Crippen LogP contribution < -0.4 is 15.6 Å². The molecule has 2 N–H and O–H groups in total. The molecule has 140 valence electrons. The maximum Gasteiger partial charge on any atom is 0.319 e. The Morgan fingerprint density at radius 2 is 2.08 bits per heavy atom. The van der Waals surface area contributed by atoms with Gasteiger partial charge >= 0.3 is 5.97 Å². The summed E-state index contributed by atoms with van der Waals surface area (Å²) in [6, 6.07) is 5.59. The molecule has 1 aromatic heterocycles. The molecule has 6 nitrogen and oxygen atoms in total. The van der Waals surface area contributed by atoms with E-state index in [9.17, 15) is 9.59 Å². The van der Waals surface area contributed by atoms with Gasteiger partial charge in [-0.25, -0.2) is 0 Å². The summed E-state index contributed by atoms with van der Waals surface area (Å²) in [5.41, 5.74) is -0.163. The van der Waals surface area contributed by atoms with Gasteiger partial charge in [-0.2, -0.15) is 0 Å². The SMILES string of the molecule is CCOC(=O)CNC1CCC(Oc2cc3cc[nH]c(=O)c3cc2Cl)CC1. The number of benzene rings is 1. The van der Waals surface area contributed by atoms with E-state index in [1.54, 1.807) is 19.2 Å². The van der Waals surface area contributed by atoms with Crippen molar-refractivity contribution >= 4 is 28.3 Å². The topological polar surface area (TPSA) is 80.4 Å². The predicted molar refractivity (Wildman–Crippen MR) is 101 cm³/mol. The van der Waals surface area contributed by atoms with E-state index in [0.717, 1.165) is 31.1 Å². The smallest absolute Gasteiger partial charge is 0.319 e. The van der Waals surface area contributed by atoms with Gasteiger partial charge in [0.25, 0.3) is 5.56 Å². The van der Waals surface area contributed by atoms with Gasteiger partial charge in [-0.05, 0) is 56.2 Å². The summed E-state index contributed by atoms with van der Waals surface area (Å²) in [5.74, 6) is 0.386. The Labute approximate surface area is 156 Å². The van der Waals surface area contributed by atoms with Gasteiger partial charge in [-0.1, -0.05) is 11.6 Å². The van der Waals surface area contributed by atoms with Crippen LogP contribution in [0.2, 0.25) is 5.02 Å². The molecule has 1 heterocycles. The van der Waals surface area contributed by atoms with Crippen molar-refractivity contribution < 1.29 is 14.3 Å². The molecule has 1 fully saturated rings. The number of nitrogens with one attached hydrogen (secondary N) is 2. The number of fused-ring (bicyclic) bond motifs is 1. The van der Waals surface area contributed by atoms with Crippen LogP contribution in [0.15, 0.2) is 29.2 Å². The van der Waals surface area contributed by atoms with Crippen molar-refractivity contribution in [1.82, 2.24) is 10.3 Å². The Morgan fingerprint density at radius 3 is 2.81 bits per heavy atom. The number of halogens is 1. The predicted octanol–water partition coefficient (Wildman–Crippen LogP) is 3.02. The molecule has 0 atom stereocenters. The van der Waals surface area contributed by atoms with E-state index in [2.05, 4.69) is 10.3 Å². The molecule has 26 heavy (non-hydrogen) atoms. The molecule has 0 unspecified atom stereocenters. The number of pyridine rings is 1. The summed E-state index contributed by atoms with van der Waals surface area (Å²) in [4.78, 5) is 25.9. The minimum absolute atomic E-state index is 0.0765. The number of ether oxygens (including phenoxy) is 2. The zero-order chi connectivity index (χ0) is 18.5. The molecule has 2 aromatic rings. The Bertz CT molecular complexity index is 828. The van der Waals surface area contributed by atoms with E-state index in [0.29, 0.717) is 28.8 Å². The van der Waals surface area contributed by atoms with Crippen LogP contribution >= 0.6 is 11.6 Å². The number of aromatic amines is 1. The van der Waals surface area contributed by atoms with Crippen LogP contribution in [0.25, 0.3) is 10.8 Å². The van der Waals surface area contributed by atoms with Gasteiger partial charge in [0.05, 0.1) is 24.3 Å². The lowest BCUT2D eigenvalue weighted by Gasteiger charge is -2.29. The zero-order valence-electron chi connectivity index (χ0n) is 14.7. The largest absolute Gasteiger partial charge is 0.489 e. The molecule has 1 aromatic carbocycles. The number of hydrogen-bond donors (Lipinski definition) is 2. The van der Waals surface area contributed by atoms with Crippen molar-refractivity contribution in [3.8, 4) is 5.75 Å². The van der Waals surface area contributed by atoms with Crippen molar-refractivity contribution in [2.75, 3.05) is 13.2 Å². The monoisotopic (exact) mass is 378 g/mol. The molecule has 1 saturated carbocycles. The first-order chi connectivity index (χ1) is 12.6. The second kappa shape index (κ2) is 8.56. The first kappa shape index (κ1) is 18.7. The summed E-state index contributed by atoms with van der Waals surface area (Å²) in [5, 5.41) is 5.04. The highest BCUT2D eigenvalue weighted by atomic mass is 35.5. The third-order valence-electron chi connectivity index (χ3n) is 4.63. The van der Waals surface area contributed by atoms with E-state index in [-0.39, 0.29) is 24.2 Å². The minimum Gasteiger partial charge on any atom is -0.489 e. The minimum atomic E-state index is -0.219. The Balaban J connectivity index is 1.56. The lowest BCUT2D eigenvalue weighted by molar-refractivity contribution is -0.142. The molecule has 3 rings (SSSR count). The maximum atomic E-state index is 11.8. The Morgan fingerprint density at radius 1 is 1.31 bits per heavy atom. The molecule has 1 aliphatic carbocycles. The van der Waals surface area contributed by atoms with Gasteiger partial charge < -0.3 is 19.8 Å². The highest BCUT2D eigenvalue weighted by molar-refractivity contribution is 6.32. The fourth-order valence-corrected chi connectivity index (χ4v) is 3.49. The molecule has 0 spiro atoms. The van der Waals surface area contributed by atoms with Gasteiger partial charge in [0.1, 0.15) is 5.75 Å². The van der Waals surface area contributed by atoms with Crippen LogP contribution in [0.5, 0.6) is 5.75 Å². The van der Waals surface area contributed by atoms with Crippen LogP contribution in [0.4, 0.5) is 0 Å². The van der Waals surface area contributed by atoms with Crippen molar-refractivity contribution in [3.63, 3.8) is 0 Å². The number of aromatic nitrogens is 1. The third kappa shape index (κ3) is 4.56. The summed E-state index contributed by atoms with van der Waals surface area (Å²) < 4.78 is 11.0. The second-order valence-corrected chi connectivity index (χ2v) is 6.86. The summed E-state index contributed by atoms with van der Waals surface area (Å²) in [6.45, 7) is 2.45. The molecule has 0 amide bonds. The van der Waals surface area contributed by atoms with Crippen molar-refractivity contribution in [3.05, 3.63) is 39.8 Å². The number of esters is 1. The van der Waals surface area contributed by atoms with E-state index in [1.807, 2.05) is 12.1 Å². The van der Waals surface area contributed by atoms with Crippen molar-refractivity contribution in [2.24, 2.45) is 0 Å². The molecule has 0 aliphatic heterocycles. The normalized spacial score (nSPS) is 20.1. The summed E-state index contributed by atoms with van der Waals surface area (Å²) >= 11 is 6.30. The number of rotatable bonds is 6. The molecule has 7 heteroatoms. The van der Waals surface area contributed by atoms with Crippen molar-refractivity contribution in [2.45, 2.75) is 44.8 Å². The first-order valence-electron chi connectivity index (χ1n) is 8.93. The van der Waals surface area contributed by atoms with E-state index >= 15 is 0 Å². The van der Waals surface area contributed by atoms with Gasteiger partial charge in [0.15, 0.2) is 0 Å². The standard InChI is InChI=1S/C19H23ClN2O4/c1-2-25-18(23)11-22-13-3-5-14(6-4-13)26-17-9-12-7-8-21-19(24)15(12)10-16(17)20/h7-10,13-14,22H,2-6,11H2,1H3,(H,21,24). The highest BCUT2D eigenvalue weighted by Crippen LogP contribution is 2.32. The summed E-state index contributed by atoms with van der Waals surface area (Å²) in [6.07, 6.45) is 5.30. The van der Waals surface area contributed by atoms with Crippen LogP contribution in [0, 0.1) is 0 Å². The molecular weight excluding hydrogens is 356 g/mol.